The number of anilines is 1. The lowest BCUT2D eigenvalue weighted by atomic mass is 10.2. The Morgan fingerprint density at radius 3 is 2.17 bits per heavy atom. The van der Waals surface area contributed by atoms with Crippen LogP contribution in [0.25, 0.3) is 5.69 Å². The van der Waals surface area contributed by atoms with Crippen LogP contribution in [0.4, 0.5) is 5.69 Å². The molecule has 0 unspecified atom stereocenters. The summed E-state index contributed by atoms with van der Waals surface area (Å²) in [6.45, 7) is 0. The predicted octanol–water partition coefficient (Wildman–Crippen LogP) is 2.43. The minimum atomic E-state index is -3.82. The van der Waals surface area contributed by atoms with Gasteiger partial charge in [0.2, 0.25) is 0 Å². The Hall–Kier alpha value is -3.59. The zero-order valence-electron chi connectivity index (χ0n) is 15.7. The normalized spacial score (nSPS) is 11.0. The molecule has 29 heavy (non-hydrogen) atoms. The van der Waals surface area contributed by atoms with E-state index < -0.39 is 16.0 Å². The van der Waals surface area contributed by atoms with Crippen LogP contribution in [0.5, 0.6) is 5.75 Å². The summed E-state index contributed by atoms with van der Waals surface area (Å²) in [5.74, 6) is 0.0265. The van der Waals surface area contributed by atoms with Gasteiger partial charge in [-0.15, -0.1) is 0 Å². The lowest BCUT2D eigenvalue weighted by Gasteiger charge is -2.11. The maximum atomic E-state index is 12.6. The van der Waals surface area contributed by atoms with E-state index in [1.54, 1.807) is 24.3 Å². The number of esters is 1. The summed E-state index contributed by atoms with van der Waals surface area (Å²) in [7, 11) is -1.06. The lowest BCUT2D eigenvalue weighted by molar-refractivity contribution is 0.0600. The third-order valence-corrected chi connectivity index (χ3v) is 5.50. The molecule has 8 nitrogen and oxygen atoms in total. The lowest BCUT2D eigenvalue weighted by Crippen LogP contribution is -2.19. The van der Waals surface area contributed by atoms with Gasteiger partial charge in [0, 0.05) is 23.6 Å². The second-order valence-electron chi connectivity index (χ2n) is 5.95. The third-order valence-electron chi connectivity index (χ3n) is 4.10. The molecule has 0 bridgehead atoms. The summed E-state index contributed by atoms with van der Waals surface area (Å²) in [6.07, 6.45) is 1.34. The molecule has 1 heterocycles. The van der Waals surface area contributed by atoms with Crippen LogP contribution < -0.4 is 15.0 Å². The highest BCUT2D eigenvalue weighted by molar-refractivity contribution is 7.92. The van der Waals surface area contributed by atoms with Crippen LogP contribution in [0.15, 0.2) is 76.6 Å². The smallest absolute Gasteiger partial charge is 0.339 e. The average molecular weight is 414 g/mol. The van der Waals surface area contributed by atoms with Gasteiger partial charge in [-0.2, -0.15) is 0 Å². The van der Waals surface area contributed by atoms with Gasteiger partial charge in [0.1, 0.15) is 5.75 Å². The second kappa shape index (κ2) is 8.19. The number of aromatic nitrogens is 1. The Kier molecular flexibility index (Phi) is 5.69. The van der Waals surface area contributed by atoms with E-state index in [0.29, 0.717) is 17.1 Å². The van der Waals surface area contributed by atoms with Gasteiger partial charge in [-0.1, -0.05) is 0 Å². The predicted molar refractivity (Wildman–Crippen MR) is 107 cm³/mol. The van der Waals surface area contributed by atoms with Crippen molar-refractivity contribution >= 4 is 21.7 Å². The van der Waals surface area contributed by atoms with Crippen molar-refractivity contribution in [2.45, 2.75) is 4.90 Å². The molecule has 1 N–H and O–H groups in total. The van der Waals surface area contributed by atoms with Gasteiger partial charge in [0.15, 0.2) is 0 Å². The fourth-order valence-corrected chi connectivity index (χ4v) is 3.65. The van der Waals surface area contributed by atoms with Crippen LogP contribution in [0, 0.1) is 0 Å². The number of hydrogen-bond donors (Lipinski definition) is 1. The Morgan fingerprint density at radius 1 is 0.931 bits per heavy atom. The maximum Gasteiger partial charge on any atom is 0.339 e. The average Bonchev–Trinajstić information content (AvgIpc) is 2.74. The molecule has 0 aliphatic carbocycles. The van der Waals surface area contributed by atoms with Crippen LogP contribution in [-0.4, -0.2) is 33.2 Å². The summed E-state index contributed by atoms with van der Waals surface area (Å²) in [5, 5.41) is 0. The molecule has 0 fully saturated rings. The van der Waals surface area contributed by atoms with E-state index in [9.17, 15) is 18.0 Å². The quantitative estimate of drug-likeness (QED) is 0.622. The number of ether oxygens (including phenoxy) is 2. The largest absolute Gasteiger partial charge is 0.497 e. The summed E-state index contributed by atoms with van der Waals surface area (Å²) < 4.78 is 38.6. The van der Waals surface area contributed by atoms with E-state index in [1.807, 2.05) is 0 Å². The molecule has 0 radical (unpaired) electrons. The van der Waals surface area contributed by atoms with Gasteiger partial charge in [-0.25, -0.2) is 13.2 Å². The van der Waals surface area contributed by atoms with Gasteiger partial charge < -0.3 is 9.47 Å². The fraction of sp³-hybridized carbons (Fsp3) is 0.100. The molecule has 150 valence electrons. The highest BCUT2D eigenvalue weighted by atomic mass is 32.2. The summed E-state index contributed by atoms with van der Waals surface area (Å²) in [6, 6.07) is 14.8. The SMILES string of the molecule is COC(=O)c1ccc(=O)n(-c2ccc(S(=O)(=O)Nc3ccc(OC)cc3)cc2)c1. The summed E-state index contributed by atoms with van der Waals surface area (Å²) >= 11 is 0. The van der Waals surface area contributed by atoms with E-state index in [4.69, 9.17) is 4.74 Å². The number of nitrogens with one attached hydrogen (secondary N) is 1. The number of nitrogens with zero attached hydrogens (tertiary/aromatic N) is 1. The first kappa shape index (κ1) is 20.2. The molecule has 0 aliphatic heterocycles. The summed E-state index contributed by atoms with van der Waals surface area (Å²) in [4.78, 5) is 23.8. The molecule has 0 saturated carbocycles. The maximum absolute atomic E-state index is 12.6. The van der Waals surface area contributed by atoms with Crippen molar-refractivity contribution in [1.82, 2.24) is 4.57 Å². The monoisotopic (exact) mass is 414 g/mol. The van der Waals surface area contributed by atoms with E-state index >= 15 is 0 Å². The molecule has 9 heteroatoms. The number of carbonyl (C=O) groups excluding carboxylic acids is 1. The van der Waals surface area contributed by atoms with Gasteiger partial charge in [0.05, 0.1) is 24.7 Å². The van der Waals surface area contributed by atoms with Crippen molar-refractivity contribution in [3.63, 3.8) is 0 Å². The van der Waals surface area contributed by atoms with E-state index in [-0.39, 0.29) is 16.0 Å². The highest BCUT2D eigenvalue weighted by Crippen LogP contribution is 2.20. The molecule has 2 aromatic carbocycles. The first-order valence-electron chi connectivity index (χ1n) is 8.42. The van der Waals surface area contributed by atoms with Crippen molar-refractivity contribution in [2.24, 2.45) is 0 Å². The second-order valence-corrected chi connectivity index (χ2v) is 7.63. The number of methoxy groups -OCH3 is 2. The first-order valence-corrected chi connectivity index (χ1v) is 9.91. The third kappa shape index (κ3) is 4.46. The molecule has 0 spiro atoms. The number of pyridine rings is 1. The van der Waals surface area contributed by atoms with Gasteiger partial charge >= 0.3 is 5.97 Å². The van der Waals surface area contributed by atoms with E-state index in [0.717, 1.165) is 0 Å². The Labute approximate surface area is 167 Å². The fourth-order valence-electron chi connectivity index (χ4n) is 2.59. The molecule has 0 saturated heterocycles. The van der Waals surface area contributed by atoms with Crippen molar-refractivity contribution < 1.29 is 22.7 Å². The van der Waals surface area contributed by atoms with Crippen molar-refractivity contribution in [1.29, 1.82) is 0 Å². The first-order chi connectivity index (χ1) is 13.8. The molecule has 3 rings (SSSR count). The number of carbonyl (C=O) groups is 1. The van der Waals surface area contributed by atoms with Crippen LogP contribution in [-0.2, 0) is 14.8 Å². The zero-order valence-corrected chi connectivity index (χ0v) is 16.5. The van der Waals surface area contributed by atoms with Crippen LogP contribution in [0.1, 0.15) is 10.4 Å². The minimum absolute atomic E-state index is 0.0224. The minimum Gasteiger partial charge on any atom is -0.497 e. The molecule has 0 aliphatic rings. The number of benzene rings is 2. The van der Waals surface area contributed by atoms with Crippen LogP contribution >= 0.6 is 0 Å². The van der Waals surface area contributed by atoms with Gasteiger partial charge in [-0.3, -0.25) is 14.1 Å². The standard InChI is InChI=1S/C20H18N2O6S/c1-27-17-8-4-15(5-9-17)21-29(25,26)18-10-6-16(7-11-18)22-13-14(20(24)28-2)3-12-19(22)23/h3-13,21H,1-2H3. The molecule has 0 amide bonds. The van der Waals surface area contributed by atoms with E-state index in [2.05, 4.69) is 9.46 Å². The topological polar surface area (TPSA) is 104 Å². The van der Waals surface area contributed by atoms with Crippen LogP contribution in [0.3, 0.4) is 0 Å². The molecule has 0 atom stereocenters. The van der Waals surface area contributed by atoms with E-state index in [1.165, 1.54) is 61.4 Å². The molecule has 3 aromatic rings. The van der Waals surface area contributed by atoms with Gasteiger partial charge in [0.25, 0.3) is 15.6 Å². The Bertz CT molecular complexity index is 1180. The zero-order chi connectivity index (χ0) is 21.0. The number of rotatable bonds is 6. The molecular formula is C20H18N2O6S. The summed E-state index contributed by atoms with van der Waals surface area (Å²) in [5.41, 5.74) is 0.621. The molecular weight excluding hydrogens is 396 g/mol. The van der Waals surface area contributed by atoms with Gasteiger partial charge in [-0.05, 0) is 54.6 Å². The van der Waals surface area contributed by atoms with Crippen molar-refractivity contribution in [3.05, 3.63) is 82.8 Å². The Morgan fingerprint density at radius 2 is 1.59 bits per heavy atom. The number of hydrogen-bond acceptors (Lipinski definition) is 6. The Balaban J connectivity index is 1.87. The van der Waals surface area contributed by atoms with Crippen molar-refractivity contribution in [3.8, 4) is 11.4 Å². The highest BCUT2D eigenvalue weighted by Gasteiger charge is 2.15. The van der Waals surface area contributed by atoms with Crippen molar-refractivity contribution in [2.75, 3.05) is 18.9 Å². The molecule has 1 aromatic heterocycles. The number of sulfonamides is 1. The van der Waals surface area contributed by atoms with Crippen LogP contribution in [0.2, 0.25) is 0 Å².